The smallest absolute Gasteiger partial charge is 0.337 e. The van der Waals surface area contributed by atoms with Crippen LogP contribution in [0.3, 0.4) is 0 Å². The number of aliphatic hydroxyl groups is 1. The quantitative estimate of drug-likeness (QED) is 0.441. The molecule has 46 valence electrons. The summed E-state index contributed by atoms with van der Waals surface area (Å²) >= 11 is 0. The van der Waals surface area contributed by atoms with E-state index in [0.29, 0.717) is 13.0 Å². The molecule has 0 spiro atoms. The molecular formula is C5H8O3. The van der Waals surface area contributed by atoms with Gasteiger partial charge in [-0.3, -0.25) is 0 Å². The Kier molecular flexibility index (Phi) is 1.01. The van der Waals surface area contributed by atoms with Crippen molar-refractivity contribution >= 4 is 5.97 Å². The van der Waals surface area contributed by atoms with Crippen molar-refractivity contribution in [2.75, 3.05) is 6.61 Å². The molecule has 0 amide bonds. The maximum Gasteiger partial charge on any atom is 0.337 e. The number of rotatable bonds is 0. The Morgan fingerprint density at radius 3 is 2.62 bits per heavy atom. The van der Waals surface area contributed by atoms with Gasteiger partial charge in [0.05, 0.1) is 6.61 Å². The first-order valence-corrected chi connectivity index (χ1v) is 2.52. The molecule has 1 heterocycles. The van der Waals surface area contributed by atoms with Crippen molar-refractivity contribution in [2.24, 2.45) is 0 Å². The van der Waals surface area contributed by atoms with Crippen LogP contribution in [0.2, 0.25) is 0 Å². The van der Waals surface area contributed by atoms with Crippen LogP contribution in [-0.4, -0.2) is 23.3 Å². The molecular weight excluding hydrogens is 108 g/mol. The summed E-state index contributed by atoms with van der Waals surface area (Å²) in [6.07, 6.45) is 0.422. The molecule has 0 aliphatic carbocycles. The van der Waals surface area contributed by atoms with Crippen molar-refractivity contribution < 1.29 is 14.6 Å². The predicted molar refractivity (Wildman–Crippen MR) is 26.2 cm³/mol. The fourth-order valence-corrected chi connectivity index (χ4v) is 0.600. The Hall–Kier alpha value is -0.570. The lowest BCUT2D eigenvalue weighted by atomic mass is 10.1. The Balaban J connectivity index is 2.68. The van der Waals surface area contributed by atoms with Gasteiger partial charge in [0.1, 0.15) is 0 Å². The van der Waals surface area contributed by atoms with Gasteiger partial charge in [-0.25, -0.2) is 4.79 Å². The SMILES string of the molecule is C[C@@]1(O)CCOC1=O. The van der Waals surface area contributed by atoms with E-state index in [4.69, 9.17) is 5.11 Å². The summed E-state index contributed by atoms with van der Waals surface area (Å²) in [6.45, 7) is 1.81. The summed E-state index contributed by atoms with van der Waals surface area (Å²) in [5.74, 6) is -0.502. The summed E-state index contributed by atoms with van der Waals surface area (Å²) in [7, 11) is 0. The molecule has 0 aromatic carbocycles. The molecule has 0 aromatic heterocycles. The van der Waals surface area contributed by atoms with E-state index in [9.17, 15) is 4.79 Å². The van der Waals surface area contributed by atoms with Crippen LogP contribution in [0, 0.1) is 0 Å². The van der Waals surface area contributed by atoms with Crippen LogP contribution >= 0.6 is 0 Å². The molecule has 0 radical (unpaired) electrons. The zero-order chi connectivity index (χ0) is 6.20. The van der Waals surface area contributed by atoms with E-state index in [1.165, 1.54) is 6.92 Å². The van der Waals surface area contributed by atoms with Crippen LogP contribution in [0.4, 0.5) is 0 Å². The summed E-state index contributed by atoms with van der Waals surface area (Å²) < 4.78 is 4.48. The molecule has 3 heteroatoms. The van der Waals surface area contributed by atoms with Crippen molar-refractivity contribution in [2.45, 2.75) is 18.9 Å². The molecule has 1 fully saturated rings. The molecule has 8 heavy (non-hydrogen) atoms. The Morgan fingerprint density at radius 1 is 1.88 bits per heavy atom. The van der Waals surface area contributed by atoms with Gasteiger partial charge in [-0.1, -0.05) is 0 Å². The van der Waals surface area contributed by atoms with Crippen molar-refractivity contribution in [1.82, 2.24) is 0 Å². The number of hydrogen-bond donors (Lipinski definition) is 1. The normalized spacial score (nSPS) is 37.5. The summed E-state index contributed by atoms with van der Waals surface area (Å²) in [5.41, 5.74) is -1.21. The molecule has 3 nitrogen and oxygen atoms in total. The summed E-state index contributed by atoms with van der Waals surface area (Å²) in [4.78, 5) is 10.4. The van der Waals surface area contributed by atoms with Crippen molar-refractivity contribution in [3.05, 3.63) is 0 Å². The van der Waals surface area contributed by atoms with Gasteiger partial charge >= 0.3 is 5.97 Å². The second kappa shape index (κ2) is 1.45. The number of carbonyl (C=O) groups excluding carboxylic acids is 1. The highest BCUT2D eigenvalue weighted by Gasteiger charge is 2.37. The highest BCUT2D eigenvalue weighted by Crippen LogP contribution is 2.17. The van der Waals surface area contributed by atoms with E-state index in [1.54, 1.807) is 0 Å². The molecule has 1 aliphatic heterocycles. The van der Waals surface area contributed by atoms with Crippen LogP contribution in [0.25, 0.3) is 0 Å². The minimum absolute atomic E-state index is 0.353. The monoisotopic (exact) mass is 116 g/mol. The van der Waals surface area contributed by atoms with E-state index in [0.717, 1.165) is 0 Å². The summed E-state index contributed by atoms with van der Waals surface area (Å²) in [5, 5.41) is 8.99. The number of hydrogen-bond acceptors (Lipinski definition) is 3. The molecule has 0 aromatic rings. The van der Waals surface area contributed by atoms with Gasteiger partial charge in [0.25, 0.3) is 0 Å². The Bertz CT molecular complexity index is 117. The van der Waals surface area contributed by atoms with Crippen molar-refractivity contribution in [3.63, 3.8) is 0 Å². The van der Waals surface area contributed by atoms with Gasteiger partial charge in [-0.05, 0) is 6.92 Å². The zero-order valence-electron chi connectivity index (χ0n) is 4.68. The van der Waals surface area contributed by atoms with E-state index in [-0.39, 0.29) is 0 Å². The van der Waals surface area contributed by atoms with Gasteiger partial charge < -0.3 is 9.84 Å². The third kappa shape index (κ3) is 0.690. The second-order valence-corrected chi connectivity index (χ2v) is 2.16. The predicted octanol–water partition coefficient (Wildman–Crippen LogP) is -0.316. The lowest BCUT2D eigenvalue weighted by Gasteiger charge is -2.07. The maximum absolute atomic E-state index is 10.4. The van der Waals surface area contributed by atoms with Gasteiger partial charge in [0.2, 0.25) is 0 Å². The van der Waals surface area contributed by atoms with Crippen LogP contribution in [0.15, 0.2) is 0 Å². The number of cyclic esters (lactones) is 1. The summed E-state index contributed by atoms with van der Waals surface area (Å²) in [6, 6.07) is 0. The molecule has 1 aliphatic rings. The van der Waals surface area contributed by atoms with Gasteiger partial charge in [0, 0.05) is 6.42 Å². The fourth-order valence-electron chi connectivity index (χ4n) is 0.600. The standard InChI is InChI=1S/C5H8O3/c1-5(7)2-3-8-4(5)6/h7H,2-3H2,1H3/t5-/m1/s1. The lowest BCUT2D eigenvalue weighted by molar-refractivity contribution is -0.151. The van der Waals surface area contributed by atoms with E-state index in [1.807, 2.05) is 0 Å². The number of ether oxygens (including phenoxy) is 1. The molecule has 1 rings (SSSR count). The largest absolute Gasteiger partial charge is 0.463 e. The molecule has 1 N–H and O–H groups in total. The van der Waals surface area contributed by atoms with Crippen LogP contribution in [-0.2, 0) is 9.53 Å². The van der Waals surface area contributed by atoms with Crippen LogP contribution in [0.1, 0.15) is 13.3 Å². The average molecular weight is 116 g/mol. The second-order valence-electron chi connectivity index (χ2n) is 2.16. The zero-order valence-corrected chi connectivity index (χ0v) is 4.68. The highest BCUT2D eigenvalue weighted by atomic mass is 16.6. The average Bonchev–Trinajstić information content (AvgIpc) is 1.86. The number of esters is 1. The fraction of sp³-hybridized carbons (Fsp3) is 0.800. The van der Waals surface area contributed by atoms with Crippen molar-refractivity contribution in [1.29, 1.82) is 0 Å². The third-order valence-corrected chi connectivity index (χ3v) is 1.26. The Labute approximate surface area is 47.3 Å². The van der Waals surface area contributed by atoms with E-state index >= 15 is 0 Å². The van der Waals surface area contributed by atoms with E-state index < -0.39 is 11.6 Å². The molecule has 1 atom stereocenters. The topological polar surface area (TPSA) is 46.5 Å². The van der Waals surface area contributed by atoms with Crippen molar-refractivity contribution in [3.8, 4) is 0 Å². The maximum atomic E-state index is 10.4. The van der Waals surface area contributed by atoms with Gasteiger partial charge in [-0.15, -0.1) is 0 Å². The molecule has 1 saturated heterocycles. The van der Waals surface area contributed by atoms with Crippen LogP contribution in [0.5, 0.6) is 0 Å². The Morgan fingerprint density at radius 2 is 2.50 bits per heavy atom. The first-order chi connectivity index (χ1) is 3.63. The minimum atomic E-state index is -1.21. The third-order valence-electron chi connectivity index (χ3n) is 1.26. The lowest BCUT2D eigenvalue weighted by Crippen LogP contribution is -2.29. The molecule has 0 bridgehead atoms. The van der Waals surface area contributed by atoms with E-state index in [2.05, 4.69) is 4.74 Å². The van der Waals surface area contributed by atoms with Gasteiger partial charge in [0.15, 0.2) is 5.60 Å². The first-order valence-electron chi connectivity index (χ1n) is 2.52. The molecule has 0 unspecified atom stereocenters. The highest BCUT2D eigenvalue weighted by molar-refractivity contribution is 5.80. The minimum Gasteiger partial charge on any atom is -0.463 e. The first kappa shape index (κ1) is 5.56. The van der Waals surface area contributed by atoms with Gasteiger partial charge in [-0.2, -0.15) is 0 Å². The van der Waals surface area contributed by atoms with Crippen LogP contribution < -0.4 is 0 Å². The number of carbonyl (C=O) groups is 1. The molecule has 0 saturated carbocycles.